The molecule has 0 aliphatic rings. The molecule has 156 valence electrons. The number of carbonyl (C=O) groups excluding carboxylic acids is 2. The van der Waals surface area contributed by atoms with E-state index in [1.165, 1.54) is 36.5 Å². The normalized spacial score (nSPS) is 10.6. The average molecular weight is 503 g/mol. The molecule has 3 aromatic rings. The van der Waals surface area contributed by atoms with Crippen molar-refractivity contribution in [2.24, 2.45) is 5.10 Å². The molecular formula is C21H13BrClN3O5. The Bertz CT molecular complexity index is 1180. The highest BCUT2D eigenvalue weighted by Gasteiger charge is 2.13. The molecule has 0 heterocycles. The minimum Gasteiger partial charge on any atom is -0.422 e. The first-order chi connectivity index (χ1) is 14.8. The van der Waals surface area contributed by atoms with Gasteiger partial charge in [-0.3, -0.25) is 14.9 Å². The van der Waals surface area contributed by atoms with Crippen LogP contribution in [0.25, 0.3) is 0 Å². The number of non-ortho nitro benzene ring substituents is 1. The largest absolute Gasteiger partial charge is 0.422 e. The number of nitrogens with one attached hydrogen (secondary N) is 1. The van der Waals surface area contributed by atoms with Crippen LogP contribution in [0.3, 0.4) is 0 Å². The van der Waals surface area contributed by atoms with Crippen molar-refractivity contribution in [1.29, 1.82) is 0 Å². The fraction of sp³-hybridized carbons (Fsp3) is 0. The molecular weight excluding hydrogens is 490 g/mol. The number of nitrogens with zero attached hydrogens (tertiary/aromatic N) is 2. The maximum Gasteiger partial charge on any atom is 0.343 e. The monoisotopic (exact) mass is 501 g/mol. The zero-order valence-electron chi connectivity index (χ0n) is 15.6. The number of rotatable bonds is 6. The lowest BCUT2D eigenvalue weighted by molar-refractivity contribution is -0.384. The van der Waals surface area contributed by atoms with Gasteiger partial charge in [-0.2, -0.15) is 5.10 Å². The van der Waals surface area contributed by atoms with E-state index in [-0.39, 0.29) is 17.0 Å². The molecule has 1 N–H and O–H groups in total. The summed E-state index contributed by atoms with van der Waals surface area (Å²) < 4.78 is 6.13. The van der Waals surface area contributed by atoms with Crippen LogP contribution in [0.5, 0.6) is 5.75 Å². The number of amides is 1. The minimum absolute atomic E-state index is 0.0787. The van der Waals surface area contributed by atoms with Gasteiger partial charge in [0, 0.05) is 32.8 Å². The summed E-state index contributed by atoms with van der Waals surface area (Å²) in [5, 5.41) is 15.2. The number of ether oxygens (including phenoxy) is 1. The van der Waals surface area contributed by atoms with Crippen LogP contribution in [0.2, 0.25) is 5.02 Å². The highest BCUT2D eigenvalue weighted by molar-refractivity contribution is 9.10. The number of nitro benzene ring substituents is 1. The van der Waals surface area contributed by atoms with E-state index in [1.54, 1.807) is 30.3 Å². The molecule has 31 heavy (non-hydrogen) atoms. The Morgan fingerprint density at radius 1 is 1.06 bits per heavy atom. The standard InChI is InChI=1S/C21H13BrClN3O5/c22-16-6-9-19(31-21(28)13-4-7-17(23)8-5-13)15(10-16)12-24-25-20(27)14-2-1-3-18(11-14)26(29)30/h1-12H,(H,25,27)/b24-12+. The molecule has 0 radical (unpaired) electrons. The van der Waals surface area contributed by atoms with Gasteiger partial charge in [0.2, 0.25) is 0 Å². The first kappa shape index (κ1) is 22.1. The number of esters is 1. The predicted molar refractivity (Wildman–Crippen MR) is 119 cm³/mol. The van der Waals surface area contributed by atoms with Crippen LogP contribution in [-0.2, 0) is 0 Å². The van der Waals surface area contributed by atoms with Crippen molar-refractivity contribution in [3.05, 3.63) is 103 Å². The Balaban J connectivity index is 1.74. The van der Waals surface area contributed by atoms with Crippen molar-refractivity contribution in [3.8, 4) is 5.75 Å². The molecule has 1 amide bonds. The summed E-state index contributed by atoms with van der Waals surface area (Å²) in [7, 11) is 0. The topological polar surface area (TPSA) is 111 Å². The zero-order chi connectivity index (χ0) is 22.4. The number of hydrogen-bond donors (Lipinski definition) is 1. The molecule has 10 heteroatoms. The lowest BCUT2D eigenvalue weighted by Crippen LogP contribution is -2.18. The Morgan fingerprint density at radius 3 is 2.52 bits per heavy atom. The smallest absolute Gasteiger partial charge is 0.343 e. The molecule has 0 unspecified atom stereocenters. The SMILES string of the molecule is O=C(N/N=C/c1cc(Br)ccc1OC(=O)c1ccc(Cl)cc1)c1cccc([N+](=O)[O-])c1. The van der Waals surface area contributed by atoms with Crippen molar-refractivity contribution in [1.82, 2.24) is 5.43 Å². The van der Waals surface area contributed by atoms with E-state index in [0.717, 1.165) is 6.07 Å². The number of nitro groups is 1. The fourth-order valence-corrected chi connectivity index (χ4v) is 2.95. The quantitative estimate of drug-likeness (QED) is 0.168. The molecule has 0 aromatic heterocycles. The van der Waals surface area contributed by atoms with Gasteiger partial charge < -0.3 is 4.74 Å². The van der Waals surface area contributed by atoms with Gasteiger partial charge in [0.1, 0.15) is 5.75 Å². The molecule has 3 aromatic carbocycles. The zero-order valence-corrected chi connectivity index (χ0v) is 18.0. The van der Waals surface area contributed by atoms with Crippen LogP contribution >= 0.6 is 27.5 Å². The van der Waals surface area contributed by atoms with Crippen molar-refractivity contribution in [2.75, 3.05) is 0 Å². The number of halogens is 2. The summed E-state index contributed by atoms with van der Waals surface area (Å²) in [6.07, 6.45) is 1.30. The summed E-state index contributed by atoms with van der Waals surface area (Å²) in [5.41, 5.74) is 2.89. The maximum absolute atomic E-state index is 12.4. The molecule has 0 saturated carbocycles. The molecule has 0 spiro atoms. The summed E-state index contributed by atoms with van der Waals surface area (Å²) >= 11 is 9.15. The second-order valence-corrected chi connectivity index (χ2v) is 7.44. The van der Waals surface area contributed by atoms with Gasteiger partial charge in [-0.25, -0.2) is 10.2 Å². The van der Waals surface area contributed by atoms with Gasteiger partial charge in [0.05, 0.1) is 16.7 Å². The third kappa shape index (κ3) is 5.97. The third-order valence-electron chi connectivity index (χ3n) is 3.94. The van der Waals surface area contributed by atoms with Crippen LogP contribution in [0.1, 0.15) is 26.3 Å². The molecule has 0 saturated heterocycles. The molecule has 0 bridgehead atoms. The highest BCUT2D eigenvalue weighted by atomic mass is 79.9. The summed E-state index contributed by atoms with van der Waals surface area (Å²) in [6.45, 7) is 0. The Labute approximate surface area is 189 Å². The molecule has 8 nitrogen and oxygen atoms in total. The first-order valence-electron chi connectivity index (χ1n) is 8.68. The predicted octanol–water partition coefficient (Wildman–Crippen LogP) is 4.99. The van der Waals surface area contributed by atoms with E-state index in [0.29, 0.717) is 20.6 Å². The number of carbonyl (C=O) groups is 2. The van der Waals surface area contributed by atoms with Gasteiger partial charge in [0.15, 0.2) is 0 Å². The number of hydrazone groups is 1. The van der Waals surface area contributed by atoms with E-state index in [9.17, 15) is 19.7 Å². The lowest BCUT2D eigenvalue weighted by atomic mass is 10.2. The van der Waals surface area contributed by atoms with E-state index in [4.69, 9.17) is 16.3 Å². The Morgan fingerprint density at radius 2 is 1.81 bits per heavy atom. The maximum atomic E-state index is 12.4. The molecule has 0 aliphatic heterocycles. The summed E-state index contributed by atoms with van der Waals surface area (Å²) in [5.74, 6) is -1.000. The van der Waals surface area contributed by atoms with Crippen molar-refractivity contribution >= 4 is 51.3 Å². The minimum atomic E-state index is -0.630. The van der Waals surface area contributed by atoms with Crippen molar-refractivity contribution in [3.63, 3.8) is 0 Å². The van der Waals surface area contributed by atoms with Gasteiger partial charge in [-0.15, -0.1) is 0 Å². The van der Waals surface area contributed by atoms with E-state index in [1.807, 2.05) is 0 Å². The van der Waals surface area contributed by atoms with Crippen LogP contribution in [-0.4, -0.2) is 23.0 Å². The summed E-state index contributed by atoms with van der Waals surface area (Å²) in [4.78, 5) is 34.8. The van der Waals surface area contributed by atoms with E-state index in [2.05, 4.69) is 26.5 Å². The van der Waals surface area contributed by atoms with Gasteiger partial charge in [-0.1, -0.05) is 33.6 Å². The van der Waals surface area contributed by atoms with Crippen LogP contribution in [0.4, 0.5) is 5.69 Å². The second-order valence-electron chi connectivity index (χ2n) is 6.09. The second kappa shape index (κ2) is 9.96. The van der Waals surface area contributed by atoms with Crippen LogP contribution < -0.4 is 10.2 Å². The van der Waals surface area contributed by atoms with Crippen molar-refractivity contribution in [2.45, 2.75) is 0 Å². The lowest BCUT2D eigenvalue weighted by Gasteiger charge is -2.08. The van der Waals surface area contributed by atoms with Crippen LogP contribution in [0, 0.1) is 10.1 Å². The number of benzene rings is 3. The van der Waals surface area contributed by atoms with Gasteiger partial charge >= 0.3 is 5.97 Å². The fourth-order valence-electron chi connectivity index (χ4n) is 2.44. The third-order valence-corrected chi connectivity index (χ3v) is 4.69. The Hall–Kier alpha value is -3.56. The molecule has 3 rings (SSSR count). The highest BCUT2D eigenvalue weighted by Crippen LogP contribution is 2.23. The Kier molecular flexibility index (Phi) is 7.11. The summed E-state index contributed by atoms with van der Waals surface area (Å²) in [6, 6.07) is 16.4. The molecule has 0 atom stereocenters. The van der Waals surface area contributed by atoms with E-state index < -0.39 is 16.8 Å². The van der Waals surface area contributed by atoms with Crippen molar-refractivity contribution < 1.29 is 19.2 Å². The first-order valence-corrected chi connectivity index (χ1v) is 9.86. The van der Waals surface area contributed by atoms with E-state index >= 15 is 0 Å². The molecule has 0 fully saturated rings. The number of hydrogen-bond acceptors (Lipinski definition) is 6. The van der Waals surface area contributed by atoms with Crippen LogP contribution in [0.15, 0.2) is 76.3 Å². The van der Waals surface area contributed by atoms with Gasteiger partial charge in [-0.05, 0) is 48.5 Å². The molecule has 0 aliphatic carbocycles. The van der Waals surface area contributed by atoms with Gasteiger partial charge in [0.25, 0.3) is 11.6 Å². The average Bonchev–Trinajstić information content (AvgIpc) is 2.76.